The van der Waals surface area contributed by atoms with E-state index in [9.17, 15) is 19.2 Å². The quantitative estimate of drug-likeness (QED) is 0.244. The van der Waals surface area contributed by atoms with Crippen LogP contribution in [-0.4, -0.2) is 48.4 Å². The number of esters is 3. The van der Waals surface area contributed by atoms with E-state index in [1.807, 2.05) is 27.7 Å². The number of carbonyl (C=O) groups is 4. The summed E-state index contributed by atoms with van der Waals surface area (Å²) in [7, 11) is 0. The lowest BCUT2D eigenvalue weighted by molar-refractivity contribution is -0.148. The molecule has 1 aromatic rings. The number of nitrogens with two attached hydrogens (primary N) is 1. The number of hydrogen-bond acceptors (Lipinski definition) is 10. The van der Waals surface area contributed by atoms with Gasteiger partial charge in [0.2, 0.25) is 0 Å². The third-order valence-corrected chi connectivity index (χ3v) is 5.79. The number of ether oxygens (including phenoxy) is 5. The van der Waals surface area contributed by atoms with E-state index in [4.69, 9.17) is 29.4 Å². The summed E-state index contributed by atoms with van der Waals surface area (Å²) >= 11 is 0. The predicted molar refractivity (Wildman–Crippen MR) is 145 cm³/mol. The number of hydrogen-bond donors (Lipinski definition) is 1. The van der Waals surface area contributed by atoms with Crippen LogP contribution in [-0.2, 0) is 35.0 Å². The normalized spacial score (nSPS) is 14.4. The van der Waals surface area contributed by atoms with Crippen LogP contribution in [0.1, 0.15) is 86.6 Å². The predicted octanol–water partition coefficient (Wildman–Crippen LogP) is 5.12. The first-order valence-corrected chi connectivity index (χ1v) is 13.5. The molecule has 1 rings (SSSR count). The van der Waals surface area contributed by atoms with E-state index in [0.717, 1.165) is 12.8 Å². The van der Waals surface area contributed by atoms with Crippen LogP contribution >= 0.6 is 0 Å². The zero-order chi connectivity index (χ0) is 29.8. The van der Waals surface area contributed by atoms with Gasteiger partial charge in [0.1, 0.15) is 24.4 Å². The summed E-state index contributed by atoms with van der Waals surface area (Å²) in [5.74, 6) is -1.11. The minimum atomic E-state index is -1.04. The Morgan fingerprint density at radius 3 is 1.92 bits per heavy atom. The maximum absolute atomic E-state index is 12.5. The molecule has 1 aromatic carbocycles. The summed E-state index contributed by atoms with van der Waals surface area (Å²) in [6.07, 6.45) is 0.529. The second kappa shape index (κ2) is 16.1. The third-order valence-electron chi connectivity index (χ3n) is 5.79. The molecule has 39 heavy (non-hydrogen) atoms. The molecule has 220 valence electrons. The minimum absolute atomic E-state index is 0.0666. The molecule has 10 heteroatoms. The van der Waals surface area contributed by atoms with Crippen molar-refractivity contribution in [1.82, 2.24) is 0 Å². The molecular formula is C29H45NO9. The number of benzene rings is 1. The van der Waals surface area contributed by atoms with E-state index in [1.54, 1.807) is 33.8 Å². The van der Waals surface area contributed by atoms with Gasteiger partial charge in [-0.3, -0.25) is 14.4 Å². The van der Waals surface area contributed by atoms with E-state index in [1.165, 1.54) is 12.1 Å². The Hall–Kier alpha value is -3.14. The molecule has 0 radical (unpaired) electrons. The van der Waals surface area contributed by atoms with Crippen LogP contribution in [0.4, 0.5) is 4.79 Å². The van der Waals surface area contributed by atoms with Gasteiger partial charge in [-0.2, -0.15) is 0 Å². The Bertz CT molecular complexity index is 970. The van der Waals surface area contributed by atoms with Crippen molar-refractivity contribution < 1.29 is 42.9 Å². The average molecular weight is 552 g/mol. The molecule has 10 nitrogen and oxygen atoms in total. The lowest BCUT2D eigenvalue weighted by Gasteiger charge is -2.21. The molecule has 0 spiro atoms. The van der Waals surface area contributed by atoms with Crippen molar-refractivity contribution in [2.75, 3.05) is 6.61 Å². The zero-order valence-electron chi connectivity index (χ0n) is 24.5. The van der Waals surface area contributed by atoms with Gasteiger partial charge in [-0.1, -0.05) is 46.6 Å². The van der Waals surface area contributed by atoms with Crippen LogP contribution < -0.4 is 15.2 Å². The standard InChI is InChI=1S/C29H45NO9/c1-9-18(3)13-25(31)37-23-12-11-21(16-24(23)38-26(32)14-19(4)10-2)15-22(30)27(33)35-17-20(5)36-28(34)39-29(6,7)8/h11-12,16,18-20,22H,9-10,13-15,17,30H2,1-8H3/t18?,19?,20-,22-/m0/s1. The van der Waals surface area contributed by atoms with Crippen molar-refractivity contribution in [3.63, 3.8) is 0 Å². The fourth-order valence-electron chi connectivity index (χ4n) is 3.15. The summed E-state index contributed by atoms with van der Waals surface area (Å²) in [4.78, 5) is 49.1. The number of rotatable bonds is 14. The van der Waals surface area contributed by atoms with E-state index >= 15 is 0 Å². The topological polar surface area (TPSA) is 140 Å². The van der Waals surface area contributed by atoms with Crippen LogP contribution in [0.2, 0.25) is 0 Å². The van der Waals surface area contributed by atoms with Gasteiger partial charge in [0.15, 0.2) is 11.5 Å². The van der Waals surface area contributed by atoms with Gasteiger partial charge in [0.05, 0.1) is 0 Å². The lowest BCUT2D eigenvalue weighted by atomic mass is 10.0. The zero-order valence-corrected chi connectivity index (χ0v) is 24.5. The molecule has 0 saturated heterocycles. The Morgan fingerprint density at radius 1 is 0.872 bits per heavy atom. The molecule has 0 aliphatic heterocycles. The highest BCUT2D eigenvalue weighted by molar-refractivity contribution is 5.77. The molecule has 0 aliphatic rings. The Balaban J connectivity index is 2.88. The average Bonchev–Trinajstić information content (AvgIpc) is 2.82. The van der Waals surface area contributed by atoms with Crippen LogP contribution in [0.5, 0.6) is 11.5 Å². The van der Waals surface area contributed by atoms with Crippen molar-refractivity contribution in [1.29, 1.82) is 0 Å². The first-order chi connectivity index (χ1) is 18.1. The highest BCUT2D eigenvalue weighted by atomic mass is 16.7. The molecule has 0 amide bonds. The van der Waals surface area contributed by atoms with Gasteiger partial charge < -0.3 is 29.4 Å². The summed E-state index contributed by atoms with van der Waals surface area (Å²) < 4.78 is 26.4. The summed E-state index contributed by atoms with van der Waals surface area (Å²) in [5, 5.41) is 0. The molecule has 2 unspecified atom stereocenters. The fraction of sp³-hybridized carbons (Fsp3) is 0.655. The van der Waals surface area contributed by atoms with Crippen LogP contribution in [0.3, 0.4) is 0 Å². The van der Waals surface area contributed by atoms with Gasteiger partial charge in [-0.15, -0.1) is 0 Å². The molecule has 0 aromatic heterocycles. The highest BCUT2D eigenvalue weighted by Crippen LogP contribution is 2.30. The summed E-state index contributed by atoms with van der Waals surface area (Å²) in [5.41, 5.74) is 5.91. The molecule has 0 saturated carbocycles. The Morgan fingerprint density at radius 2 is 1.41 bits per heavy atom. The molecule has 0 fully saturated rings. The van der Waals surface area contributed by atoms with Gasteiger partial charge in [0.25, 0.3) is 0 Å². The maximum atomic E-state index is 12.5. The van der Waals surface area contributed by atoms with Crippen LogP contribution in [0, 0.1) is 11.8 Å². The first-order valence-electron chi connectivity index (χ1n) is 13.5. The van der Waals surface area contributed by atoms with Gasteiger partial charge in [-0.05, 0) is 63.6 Å². The largest absolute Gasteiger partial charge is 0.509 e. The second-order valence-electron chi connectivity index (χ2n) is 11.0. The fourth-order valence-corrected chi connectivity index (χ4v) is 3.15. The highest BCUT2D eigenvalue weighted by Gasteiger charge is 2.23. The van der Waals surface area contributed by atoms with Crippen LogP contribution in [0.25, 0.3) is 0 Å². The third kappa shape index (κ3) is 14.0. The van der Waals surface area contributed by atoms with Gasteiger partial charge in [-0.25, -0.2) is 4.79 Å². The Labute approximate surface area is 231 Å². The van der Waals surface area contributed by atoms with E-state index in [0.29, 0.717) is 5.56 Å². The van der Waals surface area contributed by atoms with E-state index < -0.39 is 41.8 Å². The molecule has 0 heterocycles. The summed E-state index contributed by atoms with van der Waals surface area (Å²) in [6.45, 7) is 14.3. The van der Waals surface area contributed by atoms with Gasteiger partial charge >= 0.3 is 24.1 Å². The van der Waals surface area contributed by atoms with Crippen molar-refractivity contribution in [3.05, 3.63) is 23.8 Å². The van der Waals surface area contributed by atoms with Crippen molar-refractivity contribution in [3.8, 4) is 11.5 Å². The van der Waals surface area contributed by atoms with E-state index in [-0.39, 0.29) is 49.2 Å². The first kappa shape index (κ1) is 33.9. The monoisotopic (exact) mass is 551 g/mol. The molecule has 2 N–H and O–H groups in total. The van der Waals surface area contributed by atoms with Gasteiger partial charge in [0, 0.05) is 12.8 Å². The van der Waals surface area contributed by atoms with Crippen LogP contribution in [0.15, 0.2) is 18.2 Å². The summed E-state index contributed by atoms with van der Waals surface area (Å²) in [6, 6.07) is 3.65. The van der Waals surface area contributed by atoms with Crippen molar-refractivity contribution in [2.24, 2.45) is 17.6 Å². The molecule has 0 aliphatic carbocycles. The maximum Gasteiger partial charge on any atom is 0.509 e. The molecular weight excluding hydrogens is 506 g/mol. The van der Waals surface area contributed by atoms with Crippen molar-refractivity contribution in [2.45, 2.75) is 105 Å². The smallest absolute Gasteiger partial charge is 0.461 e. The minimum Gasteiger partial charge on any atom is -0.461 e. The van der Waals surface area contributed by atoms with E-state index in [2.05, 4.69) is 0 Å². The molecule has 4 atom stereocenters. The van der Waals surface area contributed by atoms with Crippen molar-refractivity contribution >= 4 is 24.1 Å². The SMILES string of the molecule is CCC(C)CC(=O)Oc1ccc(C[C@H](N)C(=O)OC[C@H](C)OC(=O)OC(C)(C)C)cc1OC(=O)CC(C)CC. The Kier molecular flexibility index (Phi) is 14.0. The second-order valence-corrected chi connectivity index (χ2v) is 11.0. The number of carbonyl (C=O) groups excluding carboxylic acids is 4. The molecule has 0 bridgehead atoms. The lowest BCUT2D eigenvalue weighted by Crippen LogP contribution is -2.36.